The smallest absolute Gasteiger partial charge is 0.407 e. The van der Waals surface area contributed by atoms with Crippen LogP contribution in [-0.2, 0) is 19.1 Å². The Labute approximate surface area is 330 Å². The first-order chi connectivity index (χ1) is 27.4. The van der Waals surface area contributed by atoms with Gasteiger partial charge in [0.05, 0.1) is 54.2 Å². The van der Waals surface area contributed by atoms with Crippen molar-refractivity contribution in [3.63, 3.8) is 0 Å². The van der Waals surface area contributed by atoms with Crippen molar-refractivity contribution in [3.05, 3.63) is 66.6 Å². The number of aromatic amines is 2. The van der Waals surface area contributed by atoms with Crippen LogP contribution in [-0.4, -0.2) is 90.4 Å². The Morgan fingerprint density at radius 1 is 0.807 bits per heavy atom. The zero-order valence-electron chi connectivity index (χ0n) is 33.1. The van der Waals surface area contributed by atoms with Crippen molar-refractivity contribution in [2.45, 2.75) is 84.5 Å². The van der Waals surface area contributed by atoms with E-state index in [0.717, 1.165) is 82.1 Å². The van der Waals surface area contributed by atoms with E-state index in [0.29, 0.717) is 18.9 Å². The van der Waals surface area contributed by atoms with Gasteiger partial charge in [-0.1, -0.05) is 27.7 Å². The van der Waals surface area contributed by atoms with E-state index in [1.54, 1.807) is 11.1 Å². The molecule has 298 valence electrons. The molecule has 4 N–H and O–H groups in total. The Morgan fingerprint density at radius 2 is 1.40 bits per heavy atom. The molecular weight excluding hydrogens is 727 g/mol. The second-order valence-corrected chi connectivity index (χ2v) is 15.9. The summed E-state index contributed by atoms with van der Waals surface area (Å²) in [5, 5.41) is 6.53. The average molecular weight is 776 g/mol. The third-order valence-electron chi connectivity index (χ3n) is 11.4. The van der Waals surface area contributed by atoms with Gasteiger partial charge in [-0.05, 0) is 73.9 Å². The van der Waals surface area contributed by atoms with Gasteiger partial charge in [-0.15, -0.1) is 0 Å². The van der Waals surface area contributed by atoms with Gasteiger partial charge < -0.3 is 44.4 Å². The van der Waals surface area contributed by atoms with Crippen molar-refractivity contribution < 1.29 is 28.7 Å². The third-order valence-corrected chi connectivity index (χ3v) is 11.4. The molecule has 2 saturated heterocycles. The molecule has 0 spiro atoms. The topological polar surface area (TPSA) is 180 Å². The van der Waals surface area contributed by atoms with Gasteiger partial charge in [0.15, 0.2) is 11.5 Å². The zero-order valence-corrected chi connectivity index (χ0v) is 33.1. The summed E-state index contributed by atoms with van der Waals surface area (Å²) in [6, 6.07) is 10.3. The van der Waals surface area contributed by atoms with Crippen LogP contribution >= 0.6 is 0 Å². The Morgan fingerprint density at radius 3 is 2.02 bits per heavy atom. The lowest BCUT2D eigenvalue weighted by molar-refractivity contribution is -0.138. The van der Waals surface area contributed by atoms with Crippen LogP contribution in [0.2, 0.25) is 0 Å². The number of nitrogens with one attached hydrogen (secondary N) is 4. The standard InChI is InChI=1S/C42H49N9O6/c1-22(2)35(45-24(5)52)40(53)50-16-8-10-31(50)39-44-21-29(47-39)26-12-14-34-37-27(26)15-18-49(37)32-19-25(11-13-33(32)57-34)28-20-43-38(46-28)30-9-7-17-51(30)41(54)36(23(3)4)48-42(55)56-6/h11-15,18-23,30-31,35-36H,7-10,16-17H2,1-6H3,(H,43,46)(H,44,47)(H,45,52)(H,48,55)/t30-,31-,35-,36-/m0/s1. The predicted octanol–water partition coefficient (Wildman–Crippen LogP) is 6.38. The maximum absolute atomic E-state index is 13.7. The average Bonchev–Trinajstić information content (AvgIpc) is 4.04. The molecule has 5 aromatic rings. The number of hydrogen-bond acceptors (Lipinski definition) is 8. The number of carbonyl (C=O) groups is 4. The fourth-order valence-corrected chi connectivity index (χ4v) is 8.54. The number of ether oxygens (including phenoxy) is 2. The van der Waals surface area contributed by atoms with Gasteiger partial charge in [0.25, 0.3) is 0 Å². The van der Waals surface area contributed by atoms with E-state index in [9.17, 15) is 19.2 Å². The van der Waals surface area contributed by atoms with Gasteiger partial charge >= 0.3 is 6.09 Å². The number of likely N-dealkylation sites (tertiary alicyclic amines) is 2. The second kappa shape index (κ2) is 15.1. The van der Waals surface area contributed by atoms with Gasteiger partial charge in [0.1, 0.15) is 23.7 Å². The molecule has 4 atom stereocenters. The van der Waals surface area contributed by atoms with E-state index in [4.69, 9.17) is 19.4 Å². The van der Waals surface area contributed by atoms with Crippen LogP contribution in [0, 0.1) is 11.8 Å². The summed E-state index contributed by atoms with van der Waals surface area (Å²) in [5.41, 5.74) is 5.31. The number of hydrogen-bond donors (Lipinski definition) is 4. The first kappa shape index (κ1) is 37.8. The predicted molar refractivity (Wildman–Crippen MR) is 212 cm³/mol. The van der Waals surface area contributed by atoms with Crippen molar-refractivity contribution in [1.29, 1.82) is 0 Å². The molecule has 2 aromatic carbocycles. The molecule has 0 saturated carbocycles. The van der Waals surface area contributed by atoms with Crippen LogP contribution in [0.1, 0.15) is 84.0 Å². The SMILES string of the molecule is COC(=O)N[C@H](C(=O)N1CCC[C@H]1c1ncc(-c2ccc3c(c2)-n2ccc4c(-c5cnc([C@@H]6CCCN6C(=O)[C@@H](NC(C)=O)C(C)C)[nH]5)ccc(c42)O3)[nH]1)C(C)C. The minimum Gasteiger partial charge on any atom is -0.453 e. The van der Waals surface area contributed by atoms with Gasteiger partial charge in [0.2, 0.25) is 17.7 Å². The van der Waals surface area contributed by atoms with Crippen LogP contribution in [0.15, 0.2) is 55.0 Å². The first-order valence-electron chi connectivity index (χ1n) is 19.7. The number of nitrogens with zero attached hydrogens (tertiary/aromatic N) is 5. The highest BCUT2D eigenvalue weighted by molar-refractivity contribution is 6.00. The van der Waals surface area contributed by atoms with Crippen molar-refractivity contribution in [2.24, 2.45) is 11.8 Å². The molecular formula is C42H49N9O6. The fourth-order valence-electron chi connectivity index (χ4n) is 8.54. The monoisotopic (exact) mass is 775 g/mol. The number of benzene rings is 2. The third kappa shape index (κ3) is 6.88. The number of aromatic nitrogens is 5. The van der Waals surface area contributed by atoms with Gasteiger partial charge in [0, 0.05) is 42.7 Å². The van der Waals surface area contributed by atoms with Crippen LogP contribution in [0.4, 0.5) is 4.79 Å². The molecule has 4 amide bonds. The molecule has 0 bridgehead atoms. The van der Waals surface area contributed by atoms with Crippen LogP contribution in [0.3, 0.4) is 0 Å². The van der Waals surface area contributed by atoms with E-state index < -0.39 is 18.2 Å². The number of alkyl carbamates (subject to hydrolysis) is 1. The molecule has 3 aliphatic rings. The minimum atomic E-state index is -0.710. The molecule has 0 radical (unpaired) electrons. The molecule has 3 aromatic heterocycles. The summed E-state index contributed by atoms with van der Waals surface area (Å²) in [4.78, 5) is 71.4. The van der Waals surface area contributed by atoms with Crippen LogP contribution in [0.5, 0.6) is 11.5 Å². The number of rotatable bonds is 10. The number of amides is 4. The lowest BCUT2D eigenvalue weighted by atomic mass is 10.0. The number of fused-ring (bicyclic) bond motifs is 2. The number of H-pyrrole nitrogens is 2. The maximum atomic E-state index is 13.7. The van der Waals surface area contributed by atoms with Crippen molar-refractivity contribution >= 4 is 34.7 Å². The molecule has 8 rings (SSSR count). The van der Waals surface area contributed by atoms with E-state index >= 15 is 0 Å². The summed E-state index contributed by atoms with van der Waals surface area (Å²) >= 11 is 0. The van der Waals surface area contributed by atoms with E-state index in [2.05, 4.69) is 37.3 Å². The lowest BCUT2D eigenvalue weighted by Gasteiger charge is -2.30. The summed E-state index contributed by atoms with van der Waals surface area (Å²) in [6.45, 7) is 10.3. The largest absolute Gasteiger partial charge is 0.453 e. The van der Waals surface area contributed by atoms with Crippen LogP contribution < -0.4 is 15.4 Å². The van der Waals surface area contributed by atoms with Crippen molar-refractivity contribution in [3.8, 4) is 39.7 Å². The van der Waals surface area contributed by atoms with E-state index in [-0.39, 0.29) is 41.6 Å². The zero-order chi connectivity index (χ0) is 40.1. The summed E-state index contributed by atoms with van der Waals surface area (Å²) < 4.78 is 13.4. The normalized spacial score (nSPS) is 18.5. The Balaban J connectivity index is 1.04. The molecule has 0 unspecified atom stereocenters. The second-order valence-electron chi connectivity index (χ2n) is 15.9. The van der Waals surface area contributed by atoms with Gasteiger partial charge in [-0.2, -0.15) is 0 Å². The molecule has 6 heterocycles. The van der Waals surface area contributed by atoms with Crippen molar-refractivity contribution in [1.82, 2.24) is 44.9 Å². The number of methoxy groups -OCH3 is 1. The summed E-state index contributed by atoms with van der Waals surface area (Å²) in [7, 11) is 1.29. The van der Waals surface area contributed by atoms with Gasteiger partial charge in [-0.25, -0.2) is 14.8 Å². The Hall–Kier alpha value is -6.12. The molecule has 3 aliphatic heterocycles. The summed E-state index contributed by atoms with van der Waals surface area (Å²) in [6.07, 6.45) is 8.24. The highest BCUT2D eigenvalue weighted by Gasteiger charge is 2.39. The maximum Gasteiger partial charge on any atom is 0.407 e. The molecule has 57 heavy (non-hydrogen) atoms. The van der Waals surface area contributed by atoms with Crippen molar-refractivity contribution in [2.75, 3.05) is 20.2 Å². The van der Waals surface area contributed by atoms with Crippen LogP contribution in [0.25, 0.3) is 39.1 Å². The van der Waals surface area contributed by atoms with Gasteiger partial charge in [-0.3, -0.25) is 14.4 Å². The Kier molecular flexibility index (Phi) is 10.0. The highest BCUT2D eigenvalue weighted by atomic mass is 16.5. The minimum absolute atomic E-state index is 0.0494. The molecule has 15 nitrogen and oxygen atoms in total. The van der Waals surface area contributed by atoms with E-state index in [1.807, 2.05) is 69.3 Å². The number of carbonyl (C=O) groups excluding carboxylic acids is 4. The Bertz CT molecular complexity index is 2360. The lowest BCUT2D eigenvalue weighted by Crippen LogP contribution is -2.51. The quantitative estimate of drug-likeness (QED) is 0.124. The molecule has 0 aliphatic carbocycles. The molecule has 2 fully saturated rings. The van der Waals surface area contributed by atoms with E-state index in [1.165, 1.54) is 14.0 Å². The molecule has 15 heteroatoms. The summed E-state index contributed by atoms with van der Waals surface area (Å²) in [5.74, 6) is 2.23. The first-order valence-corrected chi connectivity index (χ1v) is 19.7. The highest BCUT2D eigenvalue weighted by Crippen LogP contribution is 2.45. The fraction of sp³-hybridized carbons (Fsp3) is 0.429. The number of imidazole rings is 2.